The Morgan fingerprint density at radius 3 is 2.42 bits per heavy atom. The van der Waals surface area contributed by atoms with Gasteiger partial charge in [0.2, 0.25) is 5.91 Å². The Hall–Kier alpha value is -3.63. The molecule has 260 valence electrons. The summed E-state index contributed by atoms with van der Waals surface area (Å²) < 4.78 is 12.9. The van der Waals surface area contributed by atoms with Crippen LogP contribution in [0.2, 0.25) is 5.02 Å². The fraction of sp³-hybridized carbons (Fsp3) is 0.568. The number of aromatic nitrogens is 3. The molecule has 0 radical (unpaired) electrons. The van der Waals surface area contributed by atoms with Gasteiger partial charge in [0.05, 0.1) is 23.9 Å². The Morgan fingerprint density at radius 1 is 1.06 bits per heavy atom. The molecule has 1 aromatic carbocycles. The lowest BCUT2D eigenvalue weighted by Gasteiger charge is -2.35. The van der Waals surface area contributed by atoms with Crippen molar-refractivity contribution in [2.24, 2.45) is 11.8 Å². The molecule has 2 N–H and O–H groups in total. The molecule has 2 aliphatic rings. The van der Waals surface area contributed by atoms with Crippen LogP contribution in [0.4, 0.5) is 10.6 Å². The van der Waals surface area contributed by atoms with Crippen molar-refractivity contribution >= 4 is 29.4 Å². The Labute approximate surface area is 289 Å². The van der Waals surface area contributed by atoms with Crippen LogP contribution in [-0.2, 0) is 9.53 Å². The Morgan fingerprint density at radius 2 is 1.79 bits per heavy atom. The first-order valence-corrected chi connectivity index (χ1v) is 17.6. The summed E-state index contributed by atoms with van der Waals surface area (Å²) in [5.41, 5.74) is 2.17. The number of hydrogen-bond acceptors (Lipinski definition) is 7. The molecule has 0 atom stereocenters. The molecule has 48 heavy (non-hydrogen) atoms. The van der Waals surface area contributed by atoms with Gasteiger partial charge in [0, 0.05) is 43.0 Å². The van der Waals surface area contributed by atoms with Gasteiger partial charge in [0.25, 0.3) is 0 Å². The molecule has 2 amide bonds. The van der Waals surface area contributed by atoms with Crippen LogP contribution in [0.25, 0.3) is 11.1 Å². The van der Waals surface area contributed by atoms with Crippen molar-refractivity contribution in [3.63, 3.8) is 0 Å². The quantitative estimate of drug-likeness (QED) is 0.215. The van der Waals surface area contributed by atoms with Crippen LogP contribution >= 0.6 is 11.6 Å². The lowest BCUT2D eigenvalue weighted by Crippen LogP contribution is -2.43. The highest BCUT2D eigenvalue weighted by Crippen LogP contribution is 2.39. The van der Waals surface area contributed by atoms with E-state index in [1.54, 1.807) is 27.2 Å². The third kappa shape index (κ3) is 9.29. The van der Waals surface area contributed by atoms with Crippen molar-refractivity contribution in [1.82, 2.24) is 20.1 Å². The van der Waals surface area contributed by atoms with Gasteiger partial charge in [0.1, 0.15) is 17.7 Å². The summed E-state index contributed by atoms with van der Waals surface area (Å²) >= 11 is 6.44. The average molecular weight is 680 g/mol. The van der Waals surface area contributed by atoms with E-state index in [2.05, 4.69) is 30.3 Å². The second kappa shape index (κ2) is 15.7. The maximum absolute atomic E-state index is 14.3. The SMILES string of the molecule is COc1ccc([C@H]2CC[C@H](CN(c3cc(-c4cnn(C(C)C)c4)ccn3)C(=O)[C@H]3CC[C@H](OC(=O)NCC(C)(C)O)CC3)CC2)cc1Cl. The van der Waals surface area contributed by atoms with Crippen LogP contribution in [0.15, 0.2) is 48.9 Å². The fourth-order valence-electron chi connectivity index (χ4n) is 6.81. The number of alkyl carbamates (subject to hydrolysis) is 1. The van der Waals surface area contributed by atoms with E-state index in [4.69, 9.17) is 26.1 Å². The number of methoxy groups -OCH3 is 1. The van der Waals surface area contributed by atoms with Crippen LogP contribution < -0.4 is 15.0 Å². The summed E-state index contributed by atoms with van der Waals surface area (Å²) in [6.45, 7) is 8.15. The average Bonchev–Trinajstić information content (AvgIpc) is 3.58. The minimum atomic E-state index is -1.02. The number of halogens is 1. The van der Waals surface area contributed by atoms with E-state index in [9.17, 15) is 14.7 Å². The predicted octanol–water partition coefficient (Wildman–Crippen LogP) is 7.55. The fourth-order valence-corrected chi connectivity index (χ4v) is 7.08. The lowest BCUT2D eigenvalue weighted by molar-refractivity contribution is -0.124. The third-order valence-corrected chi connectivity index (χ3v) is 9.94. The highest BCUT2D eigenvalue weighted by atomic mass is 35.5. The molecule has 2 aliphatic carbocycles. The van der Waals surface area contributed by atoms with E-state index in [-0.39, 0.29) is 30.5 Å². The molecule has 0 aliphatic heterocycles. The first-order valence-electron chi connectivity index (χ1n) is 17.2. The van der Waals surface area contributed by atoms with Gasteiger partial charge in [-0.1, -0.05) is 17.7 Å². The largest absolute Gasteiger partial charge is 0.495 e. The Balaban J connectivity index is 1.28. The van der Waals surface area contributed by atoms with Gasteiger partial charge in [-0.15, -0.1) is 0 Å². The normalized spacial score (nSPS) is 21.5. The minimum Gasteiger partial charge on any atom is -0.495 e. The maximum atomic E-state index is 14.3. The molecule has 0 unspecified atom stereocenters. The van der Waals surface area contributed by atoms with E-state index in [0.717, 1.165) is 36.8 Å². The minimum absolute atomic E-state index is 0.0755. The molecule has 10 nitrogen and oxygen atoms in total. The molecule has 2 aromatic heterocycles. The van der Waals surface area contributed by atoms with E-state index in [1.807, 2.05) is 46.2 Å². The number of hydrogen-bond donors (Lipinski definition) is 2. The van der Waals surface area contributed by atoms with Crippen molar-refractivity contribution < 1.29 is 24.2 Å². The van der Waals surface area contributed by atoms with Gasteiger partial charge in [-0.2, -0.15) is 5.10 Å². The lowest BCUT2D eigenvalue weighted by atomic mass is 9.78. The van der Waals surface area contributed by atoms with Crippen molar-refractivity contribution in [3.05, 3.63) is 59.5 Å². The molecule has 2 heterocycles. The highest BCUT2D eigenvalue weighted by Gasteiger charge is 2.34. The number of amides is 2. The summed E-state index contributed by atoms with van der Waals surface area (Å²) in [5.74, 6) is 1.99. The molecular weight excluding hydrogens is 630 g/mol. The van der Waals surface area contributed by atoms with Crippen LogP contribution in [0.3, 0.4) is 0 Å². The second-order valence-electron chi connectivity index (χ2n) is 14.3. The highest BCUT2D eigenvalue weighted by molar-refractivity contribution is 6.32. The Bertz CT molecular complexity index is 1540. The number of ether oxygens (including phenoxy) is 2. The van der Waals surface area contributed by atoms with Gasteiger partial charge < -0.3 is 19.9 Å². The number of nitrogens with one attached hydrogen (secondary N) is 1. The zero-order valence-electron chi connectivity index (χ0n) is 28.8. The van der Waals surface area contributed by atoms with Gasteiger partial charge in [0.15, 0.2) is 0 Å². The van der Waals surface area contributed by atoms with E-state index in [1.165, 1.54) is 5.56 Å². The van der Waals surface area contributed by atoms with E-state index < -0.39 is 11.7 Å². The first-order chi connectivity index (χ1) is 22.9. The van der Waals surface area contributed by atoms with Crippen molar-refractivity contribution in [2.45, 2.75) is 103 Å². The maximum Gasteiger partial charge on any atom is 0.407 e. The van der Waals surface area contributed by atoms with Crippen LogP contribution in [0.1, 0.15) is 96.6 Å². The summed E-state index contributed by atoms with van der Waals surface area (Å²) in [6.07, 6.45) is 11.4. The van der Waals surface area contributed by atoms with Gasteiger partial charge in [-0.05, 0) is 126 Å². The smallest absolute Gasteiger partial charge is 0.407 e. The Kier molecular flexibility index (Phi) is 11.7. The number of anilines is 1. The third-order valence-electron chi connectivity index (χ3n) is 9.65. The van der Waals surface area contributed by atoms with Crippen molar-refractivity contribution in [3.8, 4) is 16.9 Å². The molecule has 2 saturated carbocycles. The number of carbonyl (C=O) groups excluding carboxylic acids is 2. The molecule has 2 fully saturated rings. The summed E-state index contributed by atoms with van der Waals surface area (Å²) in [5, 5.41) is 17.7. The van der Waals surface area contributed by atoms with Gasteiger partial charge >= 0.3 is 6.09 Å². The van der Waals surface area contributed by atoms with Gasteiger partial charge in [-0.25, -0.2) is 9.78 Å². The zero-order valence-corrected chi connectivity index (χ0v) is 29.6. The second-order valence-corrected chi connectivity index (χ2v) is 14.7. The molecule has 5 rings (SSSR count). The van der Waals surface area contributed by atoms with Crippen LogP contribution in [0, 0.1) is 11.8 Å². The van der Waals surface area contributed by atoms with E-state index >= 15 is 0 Å². The van der Waals surface area contributed by atoms with Crippen molar-refractivity contribution in [1.29, 1.82) is 0 Å². The molecule has 0 bridgehead atoms. The van der Waals surface area contributed by atoms with Crippen LogP contribution in [-0.4, -0.2) is 63.8 Å². The number of nitrogens with zero attached hydrogens (tertiary/aromatic N) is 4. The number of aliphatic hydroxyl groups is 1. The van der Waals surface area contributed by atoms with E-state index in [0.29, 0.717) is 60.7 Å². The molecule has 3 aromatic rings. The summed E-state index contributed by atoms with van der Waals surface area (Å²) in [6, 6.07) is 10.3. The number of rotatable bonds is 11. The number of benzene rings is 1. The monoisotopic (exact) mass is 679 g/mol. The molecule has 0 saturated heterocycles. The van der Waals surface area contributed by atoms with Crippen molar-refractivity contribution in [2.75, 3.05) is 25.1 Å². The summed E-state index contributed by atoms with van der Waals surface area (Å²) in [4.78, 5) is 33.3. The standard InChI is InChI=1S/C37H50ClN5O5/c1-24(2)43-22-30(20-41-43)29-16-17-39-34(19-29)42(21-25-6-8-26(9-7-25)28-12-15-33(47-5)32(38)18-28)35(44)27-10-13-31(14-11-27)48-36(45)40-23-37(3,4)46/h12,15-20,22,24-27,31,46H,6-11,13-14,21,23H2,1-5H3,(H,40,45)/t25-,26-,27-,31-. The molecular formula is C37H50ClN5O5. The summed E-state index contributed by atoms with van der Waals surface area (Å²) in [7, 11) is 1.63. The first kappa shape index (κ1) is 35.7. The van der Waals surface area contributed by atoms with Gasteiger partial charge in [-0.3, -0.25) is 14.4 Å². The number of pyridine rings is 1. The zero-order chi connectivity index (χ0) is 34.4. The molecule has 11 heteroatoms. The topological polar surface area (TPSA) is 119 Å². The number of carbonyl (C=O) groups is 2. The predicted molar refractivity (Wildman–Crippen MR) is 187 cm³/mol. The van der Waals surface area contributed by atoms with Crippen LogP contribution in [0.5, 0.6) is 5.75 Å². The molecule has 0 spiro atoms.